The third-order valence-electron chi connectivity index (χ3n) is 3.92. The highest BCUT2D eigenvalue weighted by atomic mass is 16.6. The highest BCUT2D eigenvalue weighted by Crippen LogP contribution is 2.29. The number of carbonyl (C=O) groups is 1. The summed E-state index contributed by atoms with van der Waals surface area (Å²) in [7, 11) is 0. The summed E-state index contributed by atoms with van der Waals surface area (Å²) in [5.41, 5.74) is 4.91. The molecule has 1 fully saturated rings. The largest absolute Gasteiger partial charge is 0.369 e. The second-order valence-electron chi connectivity index (χ2n) is 7.15. The van der Waals surface area contributed by atoms with Gasteiger partial charge in [0.05, 0.1) is 4.92 Å². The maximum Gasteiger partial charge on any atom is 0.329 e. The van der Waals surface area contributed by atoms with Crippen LogP contribution in [-0.2, 0) is 4.79 Å². The molecule has 1 aromatic rings. The van der Waals surface area contributed by atoms with Gasteiger partial charge in [0.25, 0.3) is 0 Å². The molecular formula is C15H24N6O3. The van der Waals surface area contributed by atoms with Crippen LogP contribution in [-0.4, -0.2) is 32.4 Å². The maximum atomic E-state index is 11.2. The van der Waals surface area contributed by atoms with Crippen LogP contribution in [0.5, 0.6) is 0 Å². The summed E-state index contributed by atoms with van der Waals surface area (Å²) < 4.78 is 0. The number of nitrogens with one attached hydrogen (secondary N) is 2. The van der Waals surface area contributed by atoms with Crippen molar-refractivity contribution in [1.29, 1.82) is 0 Å². The fourth-order valence-corrected chi connectivity index (χ4v) is 2.73. The molecule has 0 aromatic carbocycles. The van der Waals surface area contributed by atoms with Gasteiger partial charge >= 0.3 is 5.69 Å². The first-order valence-electron chi connectivity index (χ1n) is 8.01. The van der Waals surface area contributed by atoms with Gasteiger partial charge in [0.2, 0.25) is 17.7 Å². The molecule has 0 spiro atoms. The highest BCUT2D eigenvalue weighted by Gasteiger charge is 2.27. The summed E-state index contributed by atoms with van der Waals surface area (Å²) >= 11 is 0. The second kappa shape index (κ2) is 6.98. The fourth-order valence-electron chi connectivity index (χ4n) is 2.73. The van der Waals surface area contributed by atoms with Crippen molar-refractivity contribution < 1.29 is 9.72 Å². The molecule has 0 saturated heterocycles. The van der Waals surface area contributed by atoms with Gasteiger partial charge in [-0.05, 0) is 46.5 Å². The highest BCUT2D eigenvalue weighted by molar-refractivity contribution is 5.76. The van der Waals surface area contributed by atoms with Gasteiger partial charge in [0.1, 0.15) is 6.20 Å². The SMILES string of the molecule is CC(C)(C)Nc1ncc([N+](=O)[O-])c(N[C@H]2CC[C@H](C(N)=O)CC2)n1. The third kappa shape index (κ3) is 4.77. The molecule has 1 saturated carbocycles. The van der Waals surface area contributed by atoms with Crippen molar-refractivity contribution in [2.45, 2.75) is 58.0 Å². The van der Waals surface area contributed by atoms with Crippen LogP contribution < -0.4 is 16.4 Å². The lowest BCUT2D eigenvalue weighted by molar-refractivity contribution is -0.384. The average Bonchev–Trinajstić information content (AvgIpc) is 2.46. The molecule has 0 bridgehead atoms. The quantitative estimate of drug-likeness (QED) is 0.553. The van der Waals surface area contributed by atoms with Crippen LogP contribution in [0.2, 0.25) is 0 Å². The summed E-state index contributed by atoms with van der Waals surface area (Å²) in [6.45, 7) is 5.86. The molecule has 1 amide bonds. The van der Waals surface area contributed by atoms with Gasteiger partial charge in [0.15, 0.2) is 0 Å². The standard InChI is InChI=1S/C15H24N6O3/c1-15(2,3)20-14-17-8-11(21(23)24)13(19-14)18-10-6-4-9(5-7-10)12(16)22/h8-10H,4-7H2,1-3H3,(H2,16,22)(H2,17,18,19,20)/t9-,10-. The molecule has 9 heteroatoms. The number of rotatable bonds is 5. The Kier molecular flexibility index (Phi) is 5.20. The van der Waals surface area contributed by atoms with Crippen molar-refractivity contribution in [3.05, 3.63) is 16.3 Å². The van der Waals surface area contributed by atoms with E-state index in [1.54, 1.807) is 0 Å². The summed E-state index contributed by atoms with van der Waals surface area (Å²) in [5.74, 6) is 0.144. The summed E-state index contributed by atoms with van der Waals surface area (Å²) in [4.78, 5) is 30.2. The van der Waals surface area contributed by atoms with Crippen molar-refractivity contribution in [2.24, 2.45) is 11.7 Å². The Morgan fingerprint density at radius 1 is 1.33 bits per heavy atom. The zero-order valence-electron chi connectivity index (χ0n) is 14.2. The normalized spacial score (nSPS) is 21.1. The Balaban J connectivity index is 2.14. The molecule has 9 nitrogen and oxygen atoms in total. The van der Waals surface area contributed by atoms with Gasteiger partial charge < -0.3 is 16.4 Å². The first kappa shape index (κ1) is 17.9. The lowest BCUT2D eigenvalue weighted by Gasteiger charge is -2.27. The van der Waals surface area contributed by atoms with Gasteiger partial charge in [-0.2, -0.15) is 4.98 Å². The number of hydrogen-bond donors (Lipinski definition) is 3. The lowest BCUT2D eigenvalue weighted by Crippen LogP contribution is -2.33. The Bertz CT molecular complexity index is 620. The molecule has 24 heavy (non-hydrogen) atoms. The van der Waals surface area contributed by atoms with Gasteiger partial charge in [-0.15, -0.1) is 0 Å². The molecule has 132 valence electrons. The van der Waals surface area contributed by atoms with E-state index in [1.807, 2.05) is 20.8 Å². The average molecular weight is 336 g/mol. The Morgan fingerprint density at radius 2 is 1.96 bits per heavy atom. The maximum absolute atomic E-state index is 11.2. The van der Waals surface area contributed by atoms with Crippen molar-refractivity contribution in [1.82, 2.24) is 9.97 Å². The fraction of sp³-hybridized carbons (Fsp3) is 0.667. The van der Waals surface area contributed by atoms with E-state index in [-0.39, 0.29) is 34.9 Å². The number of nitrogens with two attached hydrogens (primary N) is 1. The van der Waals surface area contributed by atoms with Crippen LogP contribution in [0.15, 0.2) is 6.20 Å². The number of hydrogen-bond acceptors (Lipinski definition) is 7. The number of carbonyl (C=O) groups excluding carboxylic acids is 1. The van der Waals surface area contributed by atoms with E-state index < -0.39 is 4.92 Å². The molecule has 2 rings (SSSR count). The molecule has 4 N–H and O–H groups in total. The van der Waals surface area contributed by atoms with E-state index in [2.05, 4.69) is 20.6 Å². The molecule has 1 aliphatic rings. The number of primary amides is 1. The van der Waals surface area contributed by atoms with Crippen molar-refractivity contribution in [2.75, 3.05) is 10.6 Å². The number of nitrogens with zero attached hydrogens (tertiary/aromatic N) is 3. The predicted molar refractivity (Wildman–Crippen MR) is 90.6 cm³/mol. The van der Waals surface area contributed by atoms with Crippen LogP contribution in [0.4, 0.5) is 17.5 Å². The lowest BCUT2D eigenvalue weighted by atomic mass is 9.85. The first-order valence-corrected chi connectivity index (χ1v) is 8.01. The van der Waals surface area contributed by atoms with E-state index in [0.717, 1.165) is 12.8 Å². The topological polar surface area (TPSA) is 136 Å². The van der Waals surface area contributed by atoms with E-state index in [9.17, 15) is 14.9 Å². The molecule has 0 atom stereocenters. The number of anilines is 2. The van der Waals surface area contributed by atoms with E-state index in [0.29, 0.717) is 18.8 Å². The van der Waals surface area contributed by atoms with Crippen molar-refractivity contribution >= 4 is 23.4 Å². The second-order valence-corrected chi connectivity index (χ2v) is 7.15. The molecule has 0 aliphatic heterocycles. The molecule has 1 aromatic heterocycles. The van der Waals surface area contributed by atoms with Crippen molar-refractivity contribution in [3.63, 3.8) is 0 Å². The van der Waals surface area contributed by atoms with Crippen LogP contribution in [0.3, 0.4) is 0 Å². The Morgan fingerprint density at radius 3 is 2.46 bits per heavy atom. The van der Waals surface area contributed by atoms with Gasteiger partial charge in [-0.3, -0.25) is 14.9 Å². The zero-order valence-corrected chi connectivity index (χ0v) is 14.2. The van der Waals surface area contributed by atoms with E-state index in [4.69, 9.17) is 5.73 Å². The summed E-state index contributed by atoms with van der Waals surface area (Å²) in [6, 6.07) is 0.0247. The van der Waals surface area contributed by atoms with Crippen molar-refractivity contribution in [3.8, 4) is 0 Å². The minimum absolute atomic E-state index is 0.0247. The van der Waals surface area contributed by atoms with E-state index >= 15 is 0 Å². The van der Waals surface area contributed by atoms with Crippen LogP contribution in [0.25, 0.3) is 0 Å². The smallest absolute Gasteiger partial charge is 0.329 e. The molecule has 1 aliphatic carbocycles. The molecule has 0 radical (unpaired) electrons. The Labute approximate surface area is 140 Å². The Hall–Kier alpha value is -2.45. The third-order valence-corrected chi connectivity index (χ3v) is 3.92. The van der Waals surface area contributed by atoms with Crippen LogP contribution >= 0.6 is 0 Å². The monoisotopic (exact) mass is 336 g/mol. The number of nitro groups is 1. The summed E-state index contributed by atoms with van der Waals surface area (Å²) in [5, 5.41) is 17.4. The van der Waals surface area contributed by atoms with Crippen LogP contribution in [0, 0.1) is 16.0 Å². The molecule has 1 heterocycles. The number of aromatic nitrogens is 2. The first-order chi connectivity index (χ1) is 11.2. The minimum Gasteiger partial charge on any atom is -0.369 e. The van der Waals surface area contributed by atoms with Crippen LogP contribution in [0.1, 0.15) is 46.5 Å². The predicted octanol–water partition coefficient (Wildman–Crippen LogP) is 2.05. The molecule has 0 unspecified atom stereocenters. The number of amides is 1. The zero-order chi connectivity index (χ0) is 17.9. The van der Waals surface area contributed by atoms with Gasteiger partial charge in [-0.25, -0.2) is 4.98 Å². The molecular weight excluding hydrogens is 312 g/mol. The van der Waals surface area contributed by atoms with Gasteiger partial charge in [0, 0.05) is 17.5 Å². The summed E-state index contributed by atoms with van der Waals surface area (Å²) in [6.07, 6.45) is 4.00. The van der Waals surface area contributed by atoms with E-state index in [1.165, 1.54) is 6.20 Å². The van der Waals surface area contributed by atoms with Gasteiger partial charge in [-0.1, -0.05) is 0 Å². The minimum atomic E-state index is -0.502.